The Morgan fingerprint density at radius 1 is 0.372 bits per heavy atom. The van der Waals surface area contributed by atoms with Crippen LogP contribution in [-0.2, 0) is 42.2 Å². The summed E-state index contributed by atoms with van der Waals surface area (Å²) in [6, 6.07) is 0. The molecule has 0 fully saturated rings. The number of hydrogen-bond donors (Lipinski definition) is 2. The van der Waals surface area contributed by atoms with E-state index in [1.165, 1.54) is 32.1 Å². The van der Waals surface area contributed by atoms with Crippen molar-refractivity contribution in [2.45, 2.75) is 251 Å². The van der Waals surface area contributed by atoms with Crippen LogP contribution in [0.3, 0.4) is 0 Å². The number of unbranched alkanes of at least 4 members (excludes halogenated alkanes) is 18. The van der Waals surface area contributed by atoms with Crippen molar-refractivity contribution in [3.8, 4) is 0 Å². The Kier molecular flexibility index (Phi) is 55.9. The molecule has 0 spiro atoms. The second kappa shape index (κ2) is 59.0. The van der Waals surface area contributed by atoms with Crippen molar-refractivity contribution < 1.29 is 52.2 Å². The zero-order valence-corrected chi connectivity index (χ0v) is 50.0. The molecule has 78 heavy (non-hydrogen) atoms. The van der Waals surface area contributed by atoms with Crippen LogP contribution < -0.4 is 0 Å². The highest BCUT2D eigenvalue weighted by Gasteiger charge is 2.28. The van der Waals surface area contributed by atoms with Crippen LogP contribution in [0.25, 0.3) is 0 Å². The summed E-state index contributed by atoms with van der Waals surface area (Å²) < 4.78 is 39.6. The predicted molar refractivity (Wildman–Crippen MR) is 325 cm³/mol. The molecule has 2 N–H and O–H groups in total. The van der Waals surface area contributed by atoms with Crippen LogP contribution in [0.15, 0.2) is 122 Å². The van der Waals surface area contributed by atoms with Gasteiger partial charge < -0.3 is 24.2 Å². The first-order valence-electron chi connectivity index (χ1n) is 30.4. The van der Waals surface area contributed by atoms with E-state index in [4.69, 9.17) is 23.3 Å². The smallest absolute Gasteiger partial charge is 0.462 e. The summed E-state index contributed by atoms with van der Waals surface area (Å²) in [7, 11) is -4.77. The third-order valence-corrected chi connectivity index (χ3v) is 13.3. The number of ether oxygens (including phenoxy) is 3. The van der Waals surface area contributed by atoms with Crippen molar-refractivity contribution in [3.05, 3.63) is 122 Å². The summed E-state index contributed by atoms with van der Waals surface area (Å²) in [5.41, 5.74) is 0. The van der Waals surface area contributed by atoms with E-state index in [0.717, 1.165) is 148 Å². The number of hydrogen-bond acceptors (Lipinski definition) is 10. The van der Waals surface area contributed by atoms with E-state index in [0.29, 0.717) is 19.3 Å². The van der Waals surface area contributed by atoms with Crippen LogP contribution >= 0.6 is 7.82 Å². The molecule has 0 saturated carbocycles. The van der Waals surface area contributed by atoms with E-state index < -0.39 is 57.8 Å². The average molecular weight is 1110 g/mol. The average Bonchev–Trinajstić information content (AvgIpc) is 3.43. The zero-order valence-electron chi connectivity index (χ0n) is 49.1. The van der Waals surface area contributed by atoms with Gasteiger partial charge in [-0.25, -0.2) is 4.57 Å². The molecule has 11 nitrogen and oxygen atoms in total. The summed E-state index contributed by atoms with van der Waals surface area (Å²) in [6.07, 6.45) is 72.9. The Labute approximate surface area is 475 Å². The van der Waals surface area contributed by atoms with Gasteiger partial charge in [-0.2, -0.15) is 0 Å². The molecule has 0 saturated heterocycles. The molecule has 0 aliphatic rings. The van der Waals surface area contributed by atoms with Crippen LogP contribution in [0.2, 0.25) is 0 Å². The number of rotatable bonds is 55. The van der Waals surface area contributed by atoms with E-state index in [2.05, 4.69) is 142 Å². The standard InChI is InChI=1S/C66H109O11P/c1-4-7-10-13-16-19-22-25-28-30-31-33-36-39-42-45-48-51-54-57-66(70)77-63(59-73-64(68)55-52-49-46-43-40-37-34-27-24-21-18-15-12-9-6-3)61-75-78(71,72)74-60-62(58-67)76-65(69)56-53-50-47-44-41-38-35-32-29-26-23-20-17-14-11-8-5-2/h8-9,11-12,16-21,25-29,31,33-34,40,43,62-63,67H,4-7,10,13-15,22-24,30,32,35-39,41-42,44-61H2,1-3H3,(H,71,72)/b11-8-,12-9-,19-16-,20-17-,21-18-,28-25-,29-26-,33-31-,34-27-,43-40-. The molecule has 0 heterocycles. The molecule has 0 aliphatic heterocycles. The summed E-state index contributed by atoms with van der Waals surface area (Å²) in [6.45, 7) is 4.32. The van der Waals surface area contributed by atoms with Crippen molar-refractivity contribution in [2.24, 2.45) is 0 Å². The molecule has 0 rings (SSSR count). The lowest BCUT2D eigenvalue weighted by Crippen LogP contribution is -2.30. The fourth-order valence-electron chi connectivity index (χ4n) is 7.78. The second-order valence-corrected chi connectivity index (χ2v) is 21.2. The number of carbonyl (C=O) groups is 3. The van der Waals surface area contributed by atoms with Crippen molar-refractivity contribution in [1.29, 1.82) is 0 Å². The van der Waals surface area contributed by atoms with Gasteiger partial charge in [0.2, 0.25) is 0 Å². The first-order chi connectivity index (χ1) is 38.2. The van der Waals surface area contributed by atoms with Crippen molar-refractivity contribution in [1.82, 2.24) is 0 Å². The molecule has 12 heteroatoms. The highest BCUT2D eigenvalue weighted by atomic mass is 31.2. The molecule has 3 unspecified atom stereocenters. The molecule has 0 aliphatic carbocycles. The highest BCUT2D eigenvalue weighted by Crippen LogP contribution is 2.43. The van der Waals surface area contributed by atoms with Crippen LogP contribution in [0.5, 0.6) is 0 Å². The van der Waals surface area contributed by atoms with Crippen LogP contribution in [0.4, 0.5) is 0 Å². The van der Waals surface area contributed by atoms with Gasteiger partial charge in [0.15, 0.2) is 6.10 Å². The van der Waals surface area contributed by atoms with Crippen LogP contribution in [0.1, 0.15) is 239 Å². The lowest BCUT2D eigenvalue weighted by molar-refractivity contribution is -0.161. The van der Waals surface area contributed by atoms with E-state index >= 15 is 0 Å². The zero-order chi connectivity index (χ0) is 56.9. The summed E-state index contributed by atoms with van der Waals surface area (Å²) in [4.78, 5) is 48.7. The first-order valence-corrected chi connectivity index (χ1v) is 31.9. The lowest BCUT2D eigenvalue weighted by Gasteiger charge is -2.21. The molecule has 3 atom stereocenters. The number of aliphatic hydroxyl groups is 1. The quantitative estimate of drug-likeness (QED) is 0.0197. The fraction of sp³-hybridized carbons (Fsp3) is 0.652. The minimum Gasteiger partial charge on any atom is -0.462 e. The van der Waals surface area contributed by atoms with Gasteiger partial charge in [0, 0.05) is 19.3 Å². The van der Waals surface area contributed by atoms with E-state index in [1.54, 1.807) is 0 Å². The SMILES string of the molecule is CC/C=C\C/C=C\C/C=C\C/C=C\CCCCC(=O)OCC(COP(=O)(O)OCC(CO)OC(=O)CCCCCCCCC/C=C\C/C=C\C/C=C\CC)OC(=O)CCCCCCCC/C=C\C/C=C\C/C=C\CCCCC. The maximum absolute atomic E-state index is 12.9. The normalized spacial score (nSPS) is 14.2. The van der Waals surface area contributed by atoms with E-state index in [1.807, 2.05) is 0 Å². The van der Waals surface area contributed by atoms with Gasteiger partial charge in [-0.1, -0.05) is 213 Å². The molecule has 0 radical (unpaired) electrons. The topological polar surface area (TPSA) is 155 Å². The van der Waals surface area contributed by atoms with Gasteiger partial charge in [-0.15, -0.1) is 0 Å². The molecule has 0 aromatic carbocycles. The maximum Gasteiger partial charge on any atom is 0.472 e. The Balaban J connectivity index is 4.80. The van der Waals surface area contributed by atoms with Crippen molar-refractivity contribution in [3.63, 3.8) is 0 Å². The summed E-state index contributed by atoms with van der Waals surface area (Å²) in [5.74, 6) is -1.55. The van der Waals surface area contributed by atoms with Gasteiger partial charge in [0.05, 0.1) is 19.8 Å². The Bertz CT molecular complexity index is 1770. The number of phosphoric acid groups is 1. The number of phosphoric ester groups is 1. The third-order valence-electron chi connectivity index (χ3n) is 12.3. The predicted octanol–water partition coefficient (Wildman–Crippen LogP) is 18.4. The summed E-state index contributed by atoms with van der Waals surface area (Å²) >= 11 is 0. The Morgan fingerprint density at radius 3 is 1.05 bits per heavy atom. The highest BCUT2D eigenvalue weighted by molar-refractivity contribution is 7.47. The Hall–Kier alpha value is -4.12. The summed E-state index contributed by atoms with van der Waals surface area (Å²) in [5, 5.41) is 9.84. The molecule has 444 valence electrons. The second-order valence-electron chi connectivity index (χ2n) is 19.7. The number of allylic oxidation sites excluding steroid dienone is 20. The first kappa shape index (κ1) is 73.9. The molecule has 0 aromatic heterocycles. The minimum absolute atomic E-state index is 0.137. The van der Waals surface area contributed by atoms with Gasteiger partial charge in [-0.3, -0.25) is 23.4 Å². The van der Waals surface area contributed by atoms with Crippen molar-refractivity contribution >= 4 is 25.7 Å². The lowest BCUT2D eigenvalue weighted by atomic mass is 10.1. The Morgan fingerprint density at radius 2 is 0.667 bits per heavy atom. The van der Waals surface area contributed by atoms with E-state index in [9.17, 15) is 28.9 Å². The number of carbonyl (C=O) groups excluding carboxylic acids is 3. The van der Waals surface area contributed by atoms with Gasteiger partial charge >= 0.3 is 25.7 Å². The molecular formula is C66H109O11P. The number of esters is 3. The third kappa shape index (κ3) is 56.6. The molecular weight excluding hydrogens is 1000 g/mol. The monoisotopic (exact) mass is 1110 g/mol. The minimum atomic E-state index is -4.77. The van der Waals surface area contributed by atoms with Gasteiger partial charge in [-0.05, 0) is 128 Å². The molecule has 0 amide bonds. The van der Waals surface area contributed by atoms with Crippen molar-refractivity contribution in [2.75, 3.05) is 26.4 Å². The fourth-order valence-corrected chi connectivity index (χ4v) is 8.56. The van der Waals surface area contributed by atoms with Crippen LogP contribution in [0, 0.1) is 0 Å². The number of aliphatic hydroxyl groups excluding tert-OH is 1. The maximum atomic E-state index is 12.9. The van der Waals surface area contributed by atoms with Crippen LogP contribution in [-0.4, -0.2) is 66.5 Å². The molecule has 0 aromatic rings. The van der Waals surface area contributed by atoms with Gasteiger partial charge in [0.25, 0.3) is 0 Å². The largest absolute Gasteiger partial charge is 0.472 e. The molecule has 0 bridgehead atoms. The van der Waals surface area contributed by atoms with Gasteiger partial charge in [0.1, 0.15) is 12.7 Å². The van der Waals surface area contributed by atoms with E-state index in [-0.39, 0.29) is 25.9 Å².